The number of urea groups is 1. The molecule has 8 heteroatoms. The van der Waals surface area contributed by atoms with Crippen LogP contribution in [0.1, 0.15) is 18.4 Å². The second-order valence-electron chi connectivity index (χ2n) is 7.35. The van der Waals surface area contributed by atoms with E-state index in [1.807, 2.05) is 36.1 Å². The maximum atomic E-state index is 13.4. The molecule has 2 aliphatic rings. The van der Waals surface area contributed by atoms with Crippen LogP contribution < -0.4 is 10.2 Å². The number of carbonyl (C=O) groups is 2. The first-order valence-corrected chi connectivity index (χ1v) is 10.4. The molecule has 2 aliphatic heterocycles. The summed E-state index contributed by atoms with van der Waals surface area (Å²) in [5.74, 6) is -1.45. The van der Waals surface area contributed by atoms with Crippen LogP contribution in [-0.2, 0) is 4.79 Å². The smallest absolute Gasteiger partial charge is 0.321 e. The first-order valence-electron chi connectivity index (χ1n) is 9.43. The third-order valence-electron chi connectivity index (χ3n) is 5.42. The van der Waals surface area contributed by atoms with Gasteiger partial charge in [0.1, 0.15) is 0 Å². The maximum Gasteiger partial charge on any atom is 0.321 e. The van der Waals surface area contributed by atoms with Gasteiger partial charge in [0, 0.05) is 30.5 Å². The minimum absolute atomic E-state index is 0.0820. The zero-order chi connectivity index (χ0) is 20.6. The summed E-state index contributed by atoms with van der Waals surface area (Å²) in [5, 5.41) is 2.61. The number of hydrogen-bond acceptors (Lipinski definition) is 3. The normalized spacial score (nSPS) is 18.4. The van der Waals surface area contributed by atoms with E-state index >= 15 is 0 Å². The molecule has 2 fully saturated rings. The molecule has 1 spiro atoms. The fraction of sp³-hybridized carbons (Fsp3) is 0.333. The quantitative estimate of drug-likeness (QED) is 0.789. The van der Waals surface area contributed by atoms with Crippen LogP contribution in [0.15, 0.2) is 42.5 Å². The number of likely N-dealkylation sites (tertiary alicyclic amines) is 1. The number of thioether (sulfide) groups is 1. The van der Waals surface area contributed by atoms with Crippen molar-refractivity contribution in [3.05, 3.63) is 59.7 Å². The van der Waals surface area contributed by atoms with Crippen LogP contribution in [0.5, 0.6) is 0 Å². The van der Waals surface area contributed by atoms with Gasteiger partial charge in [0.15, 0.2) is 11.6 Å². The van der Waals surface area contributed by atoms with E-state index in [-0.39, 0.29) is 22.5 Å². The van der Waals surface area contributed by atoms with Crippen molar-refractivity contribution in [1.82, 2.24) is 4.90 Å². The molecular formula is C21H21F2N3O2S. The molecule has 2 aromatic rings. The molecule has 0 atom stereocenters. The van der Waals surface area contributed by atoms with Gasteiger partial charge in [0.2, 0.25) is 5.91 Å². The van der Waals surface area contributed by atoms with Crippen molar-refractivity contribution in [2.24, 2.45) is 0 Å². The predicted octanol–water partition coefficient (Wildman–Crippen LogP) is 4.38. The number of nitrogens with zero attached hydrogens (tertiary/aromatic N) is 2. The van der Waals surface area contributed by atoms with E-state index in [1.54, 1.807) is 16.7 Å². The highest BCUT2D eigenvalue weighted by Gasteiger charge is 2.49. The van der Waals surface area contributed by atoms with Crippen molar-refractivity contribution in [1.29, 1.82) is 0 Å². The molecule has 4 rings (SSSR count). The van der Waals surface area contributed by atoms with Crippen LogP contribution in [-0.4, -0.2) is 40.6 Å². The average Bonchev–Trinajstić information content (AvgIpc) is 3.02. The van der Waals surface area contributed by atoms with Crippen LogP contribution in [0.25, 0.3) is 0 Å². The van der Waals surface area contributed by atoms with Gasteiger partial charge < -0.3 is 10.2 Å². The molecular weight excluding hydrogens is 396 g/mol. The van der Waals surface area contributed by atoms with Gasteiger partial charge in [-0.15, -0.1) is 11.8 Å². The van der Waals surface area contributed by atoms with Crippen LogP contribution >= 0.6 is 11.8 Å². The Labute approximate surface area is 172 Å². The monoisotopic (exact) mass is 417 g/mol. The molecule has 0 radical (unpaired) electrons. The lowest BCUT2D eigenvalue weighted by atomic mass is 10.0. The van der Waals surface area contributed by atoms with Crippen LogP contribution in [0.2, 0.25) is 0 Å². The minimum Gasteiger partial charge on any atom is -0.324 e. The lowest BCUT2D eigenvalue weighted by molar-refractivity contribution is -0.116. The second kappa shape index (κ2) is 7.67. The highest BCUT2D eigenvalue weighted by atomic mass is 32.2. The average molecular weight is 417 g/mol. The van der Waals surface area contributed by atoms with E-state index in [0.717, 1.165) is 23.4 Å². The molecule has 0 aromatic heterocycles. The van der Waals surface area contributed by atoms with Crippen molar-refractivity contribution < 1.29 is 18.4 Å². The Bertz CT molecular complexity index is 943. The summed E-state index contributed by atoms with van der Waals surface area (Å²) < 4.78 is 26.4. The topological polar surface area (TPSA) is 52.7 Å². The van der Waals surface area contributed by atoms with E-state index in [1.165, 1.54) is 6.07 Å². The Kier molecular flexibility index (Phi) is 5.21. The van der Waals surface area contributed by atoms with Crippen molar-refractivity contribution >= 4 is 35.1 Å². The maximum absolute atomic E-state index is 13.4. The van der Waals surface area contributed by atoms with Crippen molar-refractivity contribution in [2.75, 3.05) is 29.1 Å². The third-order valence-corrected chi connectivity index (χ3v) is 6.94. The van der Waals surface area contributed by atoms with Crippen molar-refractivity contribution in [3.8, 4) is 0 Å². The fourth-order valence-electron chi connectivity index (χ4n) is 3.83. The van der Waals surface area contributed by atoms with Gasteiger partial charge in [-0.2, -0.15) is 0 Å². The summed E-state index contributed by atoms with van der Waals surface area (Å²) in [6, 6.07) is 10.8. The summed E-state index contributed by atoms with van der Waals surface area (Å²) in [6.45, 7) is 2.94. The third kappa shape index (κ3) is 3.81. The number of benzene rings is 2. The summed E-state index contributed by atoms with van der Waals surface area (Å²) in [4.78, 5) is 28.3. The van der Waals surface area contributed by atoms with E-state index in [2.05, 4.69) is 5.32 Å². The van der Waals surface area contributed by atoms with Gasteiger partial charge in [0.05, 0.1) is 10.6 Å². The van der Waals surface area contributed by atoms with E-state index in [4.69, 9.17) is 0 Å². The highest BCUT2D eigenvalue weighted by molar-refractivity contribution is 8.02. The predicted molar refractivity (Wildman–Crippen MR) is 110 cm³/mol. The van der Waals surface area contributed by atoms with Gasteiger partial charge >= 0.3 is 6.03 Å². The first-order chi connectivity index (χ1) is 13.9. The van der Waals surface area contributed by atoms with Gasteiger partial charge in [-0.05, 0) is 44.0 Å². The molecule has 3 amide bonds. The summed E-state index contributed by atoms with van der Waals surface area (Å²) >= 11 is 1.63. The summed E-state index contributed by atoms with van der Waals surface area (Å²) in [7, 11) is 0. The number of nitrogens with one attached hydrogen (secondary N) is 1. The molecule has 2 heterocycles. The number of halogens is 2. The molecule has 2 saturated heterocycles. The molecule has 0 unspecified atom stereocenters. The Morgan fingerprint density at radius 1 is 1.07 bits per heavy atom. The highest BCUT2D eigenvalue weighted by Crippen LogP contribution is 2.46. The fourth-order valence-corrected chi connectivity index (χ4v) is 5.16. The van der Waals surface area contributed by atoms with Gasteiger partial charge in [-0.3, -0.25) is 9.69 Å². The van der Waals surface area contributed by atoms with Gasteiger partial charge in [-0.25, -0.2) is 13.6 Å². The number of piperidine rings is 1. The molecule has 152 valence electrons. The molecule has 5 nitrogen and oxygen atoms in total. The summed E-state index contributed by atoms with van der Waals surface area (Å²) in [6.07, 6.45) is 1.28. The van der Waals surface area contributed by atoms with Gasteiger partial charge in [-0.1, -0.05) is 17.7 Å². The lowest BCUT2D eigenvalue weighted by Gasteiger charge is -2.43. The lowest BCUT2D eigenvalue weighted by Crippen LogP contribution is -2.53. The second-order valence-corrected chi connectivity index (χ2v) is 8.68. The van der Waals surface area contributed by atoms with Crippen LogP contribution in [0.3, 0.4) is 0 Å². The van der Waals surface area contributed by atoms with Gasteiger partial charge in [0.25, 0.3) is 0 Å². The van der Waals surface area contributed by atoms with Crippen LogP contribution in [0, 0.1) is 18.6 Å². The number of carbonyl (C=O) groups excluding carboxylic acids is 2. The summed E-state index contributed by atoms with van der Waals surface area (Å²) in [5.41, 5.74) is 2.22. The SMILES string of the molecule is Cc1ccc(N2C(=O)CSC23CCN(C(=O)Nc2ccc(F)c(F)c2)CC3)cc1. The largest absolute Gasteiger partial charge is 0.324 e. The van der Waals surface area contributed by atoms with Crippen LogP contribution in [0.4, 0.5) is 25.0 Å². The number of aryl methyl sites for hydroxylation is 1. The number of rotatable bonds is 2. The van der Waals surface area contributed by atoms with E-state index in [9.17, 15) is 18.4 Å². The molecule has 2 aromatic carbocycles. The number of amides is 3. The Hall–Kier alpha value is -2.61. The standard InChI is InChI=1S/C21H21F2N3O2S/c1-14-2-5-16(6-3-14)26-19(27)13-29-21(26)8-10-25(11-9-21)20(28)24-15-4-7-17(22)18(23)12-15/h2-7,12H,8-11,13H2,1H3,(H,24,28). The molecule has 0 aliphatic carbocycles. The van der Waals surface area contributed by atoms with Crippen molar-refractivity contribution in [3.63, 3.8) is 0 Å². The molecule has 0 bridgehead atoms. The zero-order valence-electron chi connectivity index (χ0n) is 16.0. The number of hydrogen-bond donors (Lipinski definition) is 1. The molecule has 0 saturated carbocycles. The Morgan fingerprint density at radius 3 is 2.41 bits per heavy atom. The Balaban J connectivity index is 1.44. The number of anilines is 2. The van der Waals surface area contributed by atoms with E-state index < -0.39 is 11.6 Å². The Morgan fingerprint density at radius 2 is 1.76 bits per heavy atom. The molecule has 1 N–H and O–H groups in total. The zero-order valence-corrected chi connectivity index (χ0v) is 16.8. The minimum atomic E-state index is -1.00. The first kappa shape index (κ1) is 19.7. The molecule has 29 heavy (non-hydrogen) atoms. The van der Waals surface area contributed by atoms with E-state index in [0.29, 0.717) is 31.7 Å². The van der Waals surface area contributed by atoms with Crippen molar-refractivity contribution in [2.45, 2.75) is 24.6 Å².